The van der Waals surface area contributed by atoms with E-state index in [-0.39, 0.29) is 11.2 Å². The minimum atomic E-state index is -0.134. The predicted molar refractivity (Wildman–Crippen MR) is 106 cm³/mol. The molecule has 2 aromatic carbocycles. The molecule has 1 N–H and O–H groups in total. The number of benzene rings is 2. The van der Waals surface area contributed by atoms with Gasteiger partial charge in [0.2, 0.25) is 5.91 Å². The second-order valence-electron chi connectivity index (χ2n) is 5.99. The average Bonchev–Trinajstić information content (AvgIpc) is 3.25. The van der Waals surface area contributed by atoms with Gasteiger partial charge in [-0.25, -0.2) is 4.68 Å². The standard InChI is InChI=1S/C19H15Cl2N3OS/c20-14-6-3-5-13(18(14)21)11-24-17(8-9-22-24)23-19(25)16-10-12-4-1-2-7-15(12)26-16/h1-9,16H,10-11H2,(H,23,25). The van der Waals surface area contributed by atoms with Crippen molar-refractivity contribution in [3.05, 3.63) is 75.9 Å². The first-order chi connectivity index (χ1) is 12.6. The summed E-state index contributed by atoms with van der Waals surface area (Å²) in [6.45, 7) is 0.431. The van der Waals surface area contributed by atoms with Gasteiger partial charge in [-0.2, -0.15) is 5.10 Å². The van der Waals surface area contributed by atoms with Gasteiger partial charge in [0.25, 0.3) is 0 Å². The number of anilines is 1. The Morgan fingerprint density at radius 2 is 2.04 bits per heavy atom. The largest absolute Gasteiger partial charge is 0.310 e. The summed E-state index contributed by atoms with van der Waals surface area (Å²) in [7, 11) is 0. The molecule has 1 aromatic heterocycles. The maximum atomic E-state index is 12.7. The predicted octanol–water partition coefficient (Wildman–Crippen LogP) is 4.89. The van der Waals surface area contributed by atoms with Crippen molar-refractivity contribution >= 4 is 46.7 Å². The van der Waals surface area contributed by atoms with E-state index in [4.69, 9.17) is 23.2 Å². The van der Waals surface area contributed by atoms with E-state index in [1.165, 1.54) is 10.5 Å². The Kier molecular flexibility index (Phi) is 4.94. The van der Waals surface area contributed by atoms with Gasteiger partial charge in [0, 0.05) is 11.0 Å². The number of nitrogens with one attached hydrogen (secondary N) is 1. The fourth-order valence-corrected chi connectivity index (χ4v) is 4.51. The number of nitrogens with zero attached hydrogens (tertiary/aromatic N) is 2. The summed E-state index contributed by atoms with van der Waals surface area (Å²) in [5.74, 6) is 0.618. The summed E-state index contributed by atoms with van der Waals surface area (Å²) in [5.41, 5.74) is 2.07. The topological polar surface area (TPSA) is 46.9 Å². The molecule has 4 nitrogen and oxygen atoms in total. The zero-order chi connectivity index (χ0) is 18.1. The number of aromatic nitrogens is 2. The minimum absolute atomic E-state index is 0.0230. The van der Waals surface area contributed by atoms with Gasteiger partial charge in [0.05, 0.1) is 28.0 Å². The molecule has 0 saturated heterocycles. The zero-order valence-electron chi connectivity index (χ0n) is 13.7. The monoisotopic (exact) mass is 403 g/mol. The van der Waals surface area contributed by atoms with Gasteiger partial charge in [-0.05, 0) is 29.7 Å². The van der Waals surface area contributed by atoms with Gasteiger partial charge in [0.1, 0.15) is 5.82 Å². The molecule has 0 aliphatic carbocycles. The van der Waals surface area contributed by atoms with Crippen LogP contribution in [0.2, 0.25) is 10.0 Å². The highest BCUT2D eigenvalue weighted by Gasteiger charge is 2.28. The van der Waals surface area contributed by atoms with Gasteiger partial charge in [-0.3, -0.25) is 4.79 Å². The number of carbonyl (C=O) groups is 1. The highest BCUT2D eigenvalue weighted by molar-refractivity contribution is 8.01. The Morgan fingerprint density at radius 1 is 1.19 bits per heavy atom. The lowest BCUT2D eigenvalue weighted by molar-refractivity contribution is -0.115. The first-order valence-corrected chi connectivity index (χ1v) is 9.75. The van der Waals surface area contributed by atoms with Crippen LogP contribution in [0.4, 0.5) is 5.82 Å². The van der Waals surface area contributed by atoms with Crippen molar-refractivity contribution in [3.8, 4) is 0 Å². The molecule has 132 valence electrons. The molecule has 4 rings (SSSR count). The Morgan fingerprint density at radius 3 is 2.88 bits per heavy atom. The van der Waals surface area contributed by atoms with Crippen LogP contribution in [0, 0.1) is 0 Å². The maximum Gasteiger partial charge on any atom is 0.239 e. The summed E-state index contributed by atoms with van der Waals surface area (Å²) in [4.78, 5) is 13.9. The second kappa shape index (κ2) is 7.35. The van der Waals surface area contributed by atoms with Crippen molar-refractivity contribution in [1.82, 2.24) is 9.78 Å². The smallest absolute Gasteiger partial charge is 0.239 e. The van der Waals surface area contributed by atoms with Crippen molar-refractivity contribution in [2.45, 2.75) is 23.1 Å². The molecule has 1 atom stereocenters. The van der Waals surface area contributed by atoms with E-state index in [1.807, 2.05) is 24.3 Å². The molecule has 0 fully saturated rings. The van der Waals surface area contributed by atoms with Crippen LogP contribution in [0.15, 0.2) is 59.6 Å². The lowest BCUT2D eigenvalue weighted by Crippen LogP contribution is -2.26. The van der Waals surface area contributed by atoms with Crippen molar-refractivity contribution in [2.24, 2.45) is 0 Å². The molecule has 1 aliphatic rings. The Balaban J connectivity index is 1.48. The summed E-state index contributed by atoms with van der Waals surface area (Å²) in [6, 6.07) is 15.4. The van der Waals surface area contributed by atoms with E-state index in [9.17, 15) is 4.79 Å². The number of rotatable bonds is 4. The van der Waals surface area contributed by atoms with Crippen molar-refractivity contribution in [1.29, 1.82) is 0 Å². The van der Waals surface area contributed by atoms with Crippen LogP contribution in [0.25, 0.3) is 0 Å². The Hall–Kier alpha value is -1.95. The summed E-state index contributed by atoms with van der Waals surface area (Å²) in [6.07, 6.45) is 2.39. The minimum Gasteiger partial charge on any atom is -0.310 e. The van der Waals surface area contributed by atoms with E-state index >= 15 is 0 Å². The molecule has 0 radical (unpaired) electrons. The lowest BCUT2D eigenvalue weighted by atomic mass is 10.1. The molecule has 0 bridgehead atoms. The van der Waals surface area contributed by atoms with Gasteiger partial charge in [0.15, 0.2) is 0 Å². The number of fused-ring (bicyclic) bond motifs is 1. The third-order valence-electron chi connectivity index (χ3n) is 4.26. The van der Waals surface area contributed by atoms with Gasteiger partial charge < -0.3 is 5.32 Å². The van der Waals surface area contributed by atoms with Gasteiger partial charge in [-0.15, -0.1) is 11.8 Å². The highest BCUT2D eigenvalue weighted by atomic mass is 35.5. The SMILES string of the molecule is O=C(Nc1ccnn1Cc1cccc(Cl)c1Cl)C1Cc2ccccc2S1. The summed E-state index contributed by atoms with van der Waals surface area (Å²) >= 11 is 13.9. The van der Waals surface area contributed by atoms with E-state index < -0.39 is 0 Å². The van der Waals surface area contributed by atoms with Crippen LogP contribution >= 0.6 is 35.0 Å². The van der Waals surface area contributed by atoms with Crippen molar-refractivity contribution in [2.75, 3.05) is 5.32 Å². The summed E-state index contributed by atoms with van der Waals surface area (Å²) < 4.78 is 1.71. The number of amides is 1. The number of hydrogen-bond donors (Lipinski definition) is 1. The van der Waals surface area contributed by atoms with E-state index in [2.05, 4.69) is 22.5 Å². The van der Waals surface area contributed by atoms with Crippen LogP contribution in [0.5, 0.6) is 0 Å². The van der Waals surface area contributed by atoms with Crippen LogP contribution in [-0.4, -0.2) is 20.9 Å². The van der Waals surface area contributed by atoms with E-state index in [0.29, 0.717) is 22.4 Å². The molecular weight excluding hydrogens is 389 g/mol. The summed E-state index contributed by atoms with van der Waals surface area (Å²) in [5, 5.41) is 8.15. The van der Waals surface area contributed by atoms with Crippen LogP contribution in [0.1, 0.15) is 11.1 Å². The average molecular weight is 404 g/mol. The zero-order valence-corrected chi connectivity index (χ0v) is 16.0. The van der Waals surface area contributed by atoms with Crippen molar-refractivity contribution in [3.63, 3.8) is 0 Å². The highest BCUT2D eigenvalue weighted by Crippen LogP contribution is 2.37. The molecule has 1 unspecified atom stereocenters. The van der Waals surface area contributed by atoms with Crippen molar-refractivity contribution < 1.29 is 4.79 Å². The first-order valence-electron chi connectivity index (χ1n) is 8.12. The van der Waals surface area contributed by atoms with Crippen LogP contribution in [0.3, 0.4) is 0 Å². The Bertz CT molecular complexity index is 948. The van der Waals surface area contributed by atoms with Gasteiger partial charge >= 0.3 is 0 Å². The lowest BCUT2D eigenvalue weighted by Gasteiger charge is -2.13. The Labute approximate surface area is 165 Å². The molecular formula is C19H15Cl2N3OS. The third-order valence-corrected chi connectivity index (χ3v) is 6.43. The third kappa shape index (κ3) is 3.47. The van der Waals surface area contributed by atoms with Gasteiger partial charge in [-0.1, -0.05) is 53.5 Å². The maximum absolute atomic E-state index is 12.7. The van der Waals surface area contributed by atoms with E-state index in [1.54, 1.807) is 34.8 Å². The molecule has 0 saturated carbocycles. The number of hydrogen-bond acceptors (Lipinski definition) is 3. The number of halogens is 2. The van der Waals surface area contributed by atoms with Crippen LogP contribution < -0.4 is 5.32 Å². The molecule has 1 amide bonds. The molecule has 1 aliphatic heterocycles. The normalized spacial score (nSPS) is 15.7. The molecule has 0 spiro atoms. The molecule has 2 heterocycles. The second-order valence-corrected chi connectivity index (χ2v) is 8.02. The van der Waals surface area contributed by atoms with E-state index in [0.717, 1.165) is 12.0 Å². The number of thioether (sulfide) groups is 1. The molecule has 7 heteroatoms. The fraction of sp³-hybridized carbons (Fsp3) is 0.158. The molecule has 26 heavy (non-hydrogen) atoms. The molecule has 3 aromatic rings. The number of carbonyl (C=O) groups excluding carboxylic acids is 1. The fourth-order valence-electron chi connectivity index (χ4n) is 2.93. The van der Waals surface area contributed by atoms with Crippen LogP contribution in [-0.2, 0) is 17.8 Å². The first kappa shape index (κ1) is 17.5. The quantitative estimate of drug-likeness (QED) is 0.673.